The highest BCUT2D eigenvalue weighted by Crippen LogP contribution is 2.40. The largest absolute Gasteiger partial charge is 0.377 e. The van der Waals surface area contributed by atoms with Gasteiger partial charge in [-0.2, -0.15) is 0 Å². The number of unbranched alkanes of at least 4 members (excludes halogenated alkanes) is 1. The predicted molar refractivity (Wildman–Crippen MR) is 149 cm³/mol. The van der Waals surface area contributed by atoms with Crippen LogP contribution in [0.4, 0.5) is 5.82 Å². The second-order valence-electron chi connectivity index (χ2n) is 11.4. The van der Waals surface area contributed by atoms with Gasteiger partial charge in [-0.1, -0.05) is 19.4 Å². The van der Waals surface area contributed by atoms with Gasteiger partial charge in [0.2, 0.25) is 0 Å². The normalized spacial score (nSPS) is 18.5. The first-order valence-corrected chi connectivity index (χ1v) is 14.2. The van der Waals surface area contributed by atoms with E-state index in [9.17, 15) is 0 Å². The number of nitrogens with one attached hydrogen (secondary N) is 1. The zero-order valence-electron chi connectivity index (χ0n) is 22.1. The summed E-state index contributed by atoms with van der Waals surface area (Å²) in [6.45, 7) is 13.8. The molecule has 190 valence electrons. The SMILES string of the molecule is CCCCc1nc2c(NC(C)(C)C)nc3cc(C4=CCOCC4)sc3c2n1CC1CCN(C)CC1. The van der Waals surface area contributed by atoms with Crippen molar-refractivity contribution < 1.29 is 4.74 Å². The van der Waals surface area contributed by atoms with Gasteiger partial charge in [0.1, 0.15) is 11.3 Å². The molecule has 3 aromatic heterocycles. The topological polar surface area (TPSA) is 55.2 Å². The molecule has 0 unspecified atom stereocenters. The minimum atomic E-state index is -0.0863. The molecule has 2 aliphatic rings. The van der Waals surface area contributed by atoms with Crippen LogP contribution in [0.1, 0.15) is 70.5 Å². The van der Waals surface area contributed by atoms with E-state index in [1.165, 1.54) is 58.8 Å². The van der Waals surface area contributed by atoms with E-state index in [4.69, 9.17) is 14.7 Å². The number of aryl methyl sites for hydroxylation is 1. The Bertz CT molecular complexity index is 1210. The molecule has 0 amide bonds. The monoisotopic (exact) mass is 495 g/mol. The summed E-state index contributed by atoms with van der Waals surface area (Å²) in [5.41, 5.74) is 4.72. The molecule has 7 heteroatoms. The molecule has 0 spiro atoms. The quantitative estimate of drug-likeness (QED) is 0.414. The molecule has 0 radical (unpaired) electrons. The minimum Gasteiger partial charge on any atom is -0.377 e. The van der Waals surface area contributed by atoms with Crippen LogP contribution >= 0.6 is 11.3 Å². The van der Waals surface area contributed by atoms with Gasteiger partial charge < -0.3 is 19.5 Å². The number of rotatable bonds is 7. The third-order valence-electron chi connectivity index (χ3n) is 7.24. The zero-order valence-corrected chi connectivity index (χ0v) is 22.9. The maximum absolute atomic E-state index is 5.58. The average molecular weight is 496 g/mol. The molecule has 0 atom stereocenters. The minimum absolute atomic E-state index is 0.0863. The van der Waals surface area contributed by atoms with Crippen molar-refractivity contribution in [3.8, 4) is 0 Å². The van der Waals surface area contributed by atoms with Crippen molar-refractivity contribution >= 4 is 44.0 Å². The lowest BCUT2D eigenvalue weighted by Crippen LogP contribution is -2.32. The van der Waals surface area contributed by atoms with Crippen LogP contribution in [0.2, 0.25) is 0 Å². The fourth-order valence-electron chi connectivity index (χ4n) is 5.28. The second-order valence-corrected chi connectivity index (χ2v) is 12.5. The summed E-state index contributed by atoms with van der Waals surface area (Å²) < 4.78 is 9.44. The standard InChI is InChI=1S/C28H41N5OS/c1-6-7-8-23-30-24-25(33(23)18-19-9-13-32(5)14-10-19)26-21(29-27(24)31-28(2,3)4)17-22(35-26)20-11-15-34-16-12-20/h11,17,19H,6-10,12-16,18H2,1-5H3,(H,29,31). The molecule has 1 fully saturated rings. The number of imidazole rings is 1. The summed E-state index contributed by atoms with van der Waals surface area (Å²) in [5, 5.41) is 3.69. The Labute approximate surface area is 213 Å². The summed E-state index contributed by atoms with van der Waals surface area (Å²) in [5.74, 6) is 2.85. The lowest BCUT2D eigenvalue weighted by molar-refractivity contribution is 0.161. The van der Waals surface area contributed by atoms with Crippen LogP contribution in [0.5, 0.6) is 0 Å². The van der Waals surface area contributed by atoms with E-state index < -0.39 is 0 Å². The number of nitrogens with zero attached hydrogens (tertiary/aromatic N) is 4. The van der Waals surface area contributed by atoms with Crippen LogP contribution in [0.3, 0.4) is 0 Å². The van der Waals surface area contributed by atoms with E-state index in [-0.39, 0.29) is 5.54 Å². The van der Waals surface area contributed by atoms with E-state index in [0.29, 0.717) is 12.5 Å². The number of pyridine rings is 1. The number of hydrogen-bond donors (Lipinski definition) is 1. The van der Waals surface area contributed by atoms with Crippen molar-refractivity contribution in [1.82, 2.24) is 19.4 Å². The molecule has 0 aliphatic carbocycles. The Kier molecular flexibility index (Phi) is 7.20. The number of ether oxygens (including phenoxy) is 1. The first kappa shape index (κ1) is 24.7. The Morgan fingerprint density at radius 1 is 1.20 bits per heavy atom. The smallest absolute Gasteiger partial charge is 0.155 e. The third-order valence-corrected chi connectivity index (χ3v) is 8.44. The molecule has 5 rings (SSSR count). The molecular weight excluding hydrogens is 454 g/mol. The summed E-state index contributed by atoms with van der Waals surface area (Å²) in [4.78, 5) is 14.2. The van der Waals surface area contributed by atoms with Crippen molar-refractivity contribution in [2.24, 2.45) is 5.92 Å². The first-order chi connectivity index (χ1) is 16.8. The van der Waals surface area contributed by atoms with Crippen molar-refractivity contribution in [1.29, 1.82) is 0 Å². The average Bonchev–Trinajstić information content (AvgIpc) is 3.40. The van der Waals surface area contributed by atoms with Gasteiger partial charge in [0.05, 0.1) is 28.9 Å². The number of likely N-dealkylation sites (tertiary alicyclic amines) is 1. The van der Waals surface area contributed by atoms with Gasteiger partial charge in [0, 0.05) is 23.4 Å². The number of fused-ring (bicyclic) bond motifs is 3. The Balaban J connectivity index is 1.68. The van der Waals surface area contributed by atoms with E-state index in [1.54, 1.807) is 0 Å². The summed E-state index contributed by atoms with van der Waals surface area (Å²) >= 11 is 1.89. The third kappa shape index (κ3) is 5.42. The van der Waals surface area contributed by atoms with Gasteiger partial charge >= 0.3 is 0 Å². The van der Waals surface area contributed by atoms with Gasteiger partial charge in [-0.3, -0.25) is 0 Å². The fourth-order valence-corrected chi connectivity index (χ4v) is 6.50. The van der Waals surface area contributed by atoms with Crippen molar-refractivity contribution in [2.45, 2.75) is 78.3 Å². The van der Waals surface area contributed by atoms with E-state index >= 15 is 0 Å². The molecule has 35 heavy (non-hydrogen) atoms. The Morgan fingerprint density at radius 3 is 2.69 bits per heavy atom. The highest BCUT2D eigenvalue weighted by molar-refractivity contribution is 7.21. The lowest BCUT2D eigenvalue weighted by atomic mass is 9.97. The van der Waals surface area contributed by atoms with Crippen LogP contribution in [0.25, 0.3) is 26.8 Å². The number of aromatic nitrogens is 3. The van der Waals surface area contributed by atoms with Gasteiger partial charge in [0.25, 0.3) is 0 Å². The van der Waals surface area contributed by atoms with E-state index in [1.807, 2.05) is 11.3 Å². The summed E-state index contributed by atoms with van der Waals surface area (Å²) in [6, 6.07) is 2.29. The number of hydrogen-bond acceptors (Lipinski definition) is 6. The molecule has 0 saturated carbocycles. The van der Waals surface area contributed by atoms with Crippen LogP contribution in [0, 0.1) is 5.92 Å². The molecular formula is C28H41N5OS. The molecule has 5 heterocycles. The molecule has 3 aromatic rings. The van der Waals surface area contributed by atoms with Gasteiger partial charge in [-0.15, -0.1) is 11.3 Å². The first-order valence-electron chi connectivity index (χ1n) is 13.4. The maximum atomic E-state index is 5.58. The molecule has 6 nitrogen and oxygen atoms in total. The van der Waals surface area contributed by atoms with Gasteiger partial charge in [-0.25, -0.2) is 9.97 Å². The number of anilines is 1. The van der Waals surface area contributed by atoms with Crippen LogP contribution < -0.4 is 5.32 Å². The number of piperidine rings is 1. The molecule has 2 aliphatic heterocycles. The fraction of sp³-hybridized carbons (Fsp3) is 0.643. The van der Waals surface area contributed by atoms with Gasteiger partial charge in [-0.05, 0) is 84.1 Å². The Hall–Kier alpha value is -1.96. The number of thiophene rings is 1. The predicted octanol–water partition coefficient (Wildman–Crippen LogP) is 6.34. The lowest BCUT2D eigenvalue weighted by Gasteiger charge is -2.29. The second kappa shape index (κ2) is 10.2. The highest BCUT2D eigenvalue weighted by Gasteiger charge is 2.26. The zero-order chi connectivity index (χ0) is 24.6. The van der Waals surface area contributed by atoms with Crippen LogP contribution in [-0.4, -0.2) is 58.3 Å². The van der Waals surface area contributed by atoms with Crippen LogP contribution in [0.15, 0.2) is 12.1 Å². The summed E-state index contributed by atoms with van der Waals surface area (Å²) in [7, 11) is 2.24. The Morgan fingerprint density at radius 2 is 2.00 bits per heavy atom. The van der Waals surface area contributed by atoms with E-state index in [0.717, 1.165) is 49.3 Å². The van der Waals surface area contributed by atoms with Crippen molar-refractivity contribution in [3.05, 3.63) is 22.8 Å². The highest BCUT2D eigenvalue weighted by atomic mass is 32.1. The molecule has 0 aromatic carbocycles. The maximum Gasteiger partial charge on any atom is 0.155 e. The summed E-state index contributed by atoms with van der Waals surface area (Å²) in [6.07, 6.45) is 9.09. The van der Waals surface area contributed by atoms with Crippen molar-refractivity contribution in [3.63, 3.8) is 0 Å². The molecule has 1 N–H and O–H groups in total. The molecule has 1 saturated heterocycles. The van der Waals surface area contributed by atoms with Gasteiger partial charge in [0.15, 0.2) is 5.82 Å². The van der Waals surface area contributed by atoms with Crippen LogP contribution in [-0.2, 0) is 17.7 Å². The van der Waals surface area contributed by atoms with Crippen molar-refractivity contribution in [2.75, 3.05) is 38.7 Å². The molecule has 0 bridgehead atoms. The van der Waals surface area contributed by atoms with E-state index in [2.05, 4.69) is 61.7 Å².